The van der Waals surface area contributed by atoms with Gasteiger partial charge in [0.2, 0.25) is 0 Å². The number of para-hydroxylation sites is 2. The molecule has 10 heteroatoms. The van der Waals surface area contributed by atoms with Crippen LogP contribution in [0.15, 0.2) is 376 Å². The molecule has 0 fully saturated rings. The van der Waals surface area contributed by atoms with Gasteiger partial charge >= 0.3 is 0 Å². The minimum absolute atomic E-state index is 0.792. The maximum Gasteiger partial charge on any atom is 0.119 e. The van der Waals surface area contributed by atoms with Crippen molar-refractivity contribution in [3.05, 3.63) is 376 Å². The molecule has 0 saturated heterocycles. The molecule has 0 aliphatic heterocycles. The van der Waals surface area contributed by atoms with Crippen molar-refractivity contribution in [1.29, 1.82) is 0 Å². The fourth-order valence-electron chi connectivity index (χ4n) is 13.5. The lowest BCUT2D eigenvalue weighted by Gasteiger charge is -2.27. The van der Waals surface area contributed by atoms with Crippen molar-refractivity contribution in [1.82, 2.24) is 0 Å². The first-order valence-corrected chi connectivity index (χ1v) is 34.9. The molecule has 0 amide bonds. The predicted molar refractivity (Wildman–Crippen MR) is 434 cm³/mol. The predicted octanol–water partition coefficient (Wildman–Crippen LogP) is 25.7. The third-order valence-electron chi connectivity index (χ3n) is 19.0. The Kier molecular flexibility index (Phi) is 19.9. The van der Waals surface area contributed by atoms with E-state index in [0.29, 0.717) is 0 Å². The second-order valence-corrected chi connectivity index (χ2v) is 25.2. The molecule has 15 aromatic rings. The number of ether oxygens (including phenoxy) is 5. The maximum atomic E-state index is 5.63. The summed E-state index contributed by atoms with van der Waals surface area (Å²) < 4.78 is 27.8. The van der Waals surface area contributed by atoms with Gasteiger partial charge in [-0.2, -0.15) is 0 Å². The summed E-state index contributed by atoms with van der Waals surface area (Å²) in [4.78, 5) is 11.4. The average Bonchev–Trinajstić information content (AvgIpc) is 0.771. The van der Waals surface area contributed by atoms with Crippen molar-refractivity contribution in [2.75, 3.05) is 60.0 Å². The second kappa shape index (κ2) is 31.0. The van der Waals surface area contributed by atoms with Crippen LogP contribution >= 0.6 is 0 Å². The summed E-state index contributed by atoms with van der Waals surface area (Å²) in [7, 11) is 8.47. The zero-order chi connectivity index (χ0) is 71.4. The molecule has 0 radical (unpaired) electrons. The lowest BCUT2D eigenvalue weighted by atomic mass is 10.0. The molecule has 0 aliphatic rings. The highest BCUT2D eigenvalue weighted by molar-refractivity contribution is 5.86. The van der Waals surface area contributed by atoms with Gasteiger partial charge in [-0.25, -0.2) is 0 Å². The van der Waals surface area contributed by atoms with Crippen LogP contribution in [-0.4, -0.2) is 35.5 Å². The third kappa shape index (κ3) is 14.8. The van der Waals surface area contributed by atoms with Crippen LogP contribution < -0.4 is 48.2 Å². The van der Waals surface area contributed by atoms with Crippen LogP contribution in [0.4, 0.5) is 85.3 Å². The van der Waals surface area contributed by atoms with Crippen LogP contribution in [0, 0.1) is 0 Å². The number of nitrogens with zero attached hydrogens (tertiary/aromatic N) is 5. The quantitative estimate of drug-likeness (QED) is 0.0585. The molecular formula is C95H77N5O5. The minimum Gasteiger partial charge on any atom is -0.497 e. The highest BCUT2D eigenvalue weighted by Crippen LogP contribution is 2.44. The first kappa shape index (κ1) is 67.1. The Balaban J connectivity index is 0.661. The van der Waals surface area contributed by atoms with Gasteiger partial charge in [-0.05, 0) is 287 Å². The number of anilines is 15. The number of hydrogen-bond acceptors (Lipinski definition) is 10. The van der Waals surface area contributed by atoms with Gasteiger partial charge in [0.05, 0.1) is 35.5 Å². The molecule has 105 heavy (non-hydrogen) atoms. The zero-order valence-electron chi connectivity index (χ0n) is 59.1. The highest BCUT2D eigenvalue weighted by atomic mass is 16.5. The number of benzene rings is 15. The smallest absolute Gasteiger partial charge is 0.119 e. The third-order valence-corrected chi connectivity index (χ3v) is 19.0. The van der Waals surface area contributed by atoms with Gasteiger partial charge in [0.15, 0.2) is 0 Å². The van der Waals surface area contributed by atoms with Gasteiger partial charge in [0.1, 0.15) is 28.7 Å². The van der Waals surface area contributed by atoms with E-state index in [1.54, 1.807) is 35.5 Å². The van der Waals surface area contributed by atoms with Gasteiger partial charge in [0.25, 0.3) is 0 Å². The summed E-state index contributed by atoms with van der Waals surface area (Å²) in [5.41, 5.74) is 24.4. The SMILES string of the molecule is COc1ccc(N(c2ccccc2)c2ccc(-c3ccc(N(c4ccc(OC)cc4)c4ccc(-c5ccc(N(c6ccc(OC)cc6)c6ccc(-c7ccc(N(c8ccc(OC)cc8)c8ccc(-c9ccc(N(c%10ccccc%10)c%10ccc(OC)cc%10)cc9)cc8)cc7)cc6)cc5)cc4)cc3)cc2)cc1. The number of hydrogen-bond donors (Lipinski definition) is 0. The van der Waals surface area contributed by atoms with Crippen LogP contribution in [-0.2, 0) is 0 Å². The molecule has 0 N–H and O–H groups in total. The molecule has 512 valence electrons. The Bertz CT molecular complexity index is 4970. The molecule has 15 aromatic carbocycles. The summed E-state index contributed by atoms with van der Waals surface area (Å²) in [6, 6.07) is 132. The largest absolute Gasteiger partial charge is 0.497 e. The Morgan fingerprint density at radius 3 is 0.343 bits per heavy atom. The van der Waals surface area contributed by atoms with Crippen molar-refractivity contribution >= 4 is 85.3 Å². The monoisotopic (exact) mass is 1370 g/mol. The Hall–Kier alpha value is -13.7. The van der Waals surface area contributed by atoms with Crippen molar-refractivity contribution in [2.45, 2.75) is 0 Å². The van der Waals surface area contributed by atoms with E-state index in [-0.39, 0.29) is 0 Å². The molecule has 0 unspecified atom stereocenters. The van der Waals surface area contributed by atoms with Crippen LogP contribution in [0.5, 0.6) is 28.7 Å². The summed E-state index contributed by atoms with van der Waals surface area (Å²) >= 11 is 0. The van der Waals surface area contributed by atoms with Crippen LogP contribution in [0.3, 0.4) is 0 Å². The van der Waals surface area contributed by atoms with Gasteiger partial charge in [-0.1, -0.05) is 133 Å². The molecule has 15 rings (SSSR count). The van der Waals surface area contributed by atoms with E-state index < -0.39 is 0 Å². The Morgan fingerprint density at radius 2 is 0.229 bits per heavy atom. The average molecular weight is 1370 g/mol. The first-order chi connectivity index (χ1) is 51.8. The van der Waals surface area contributed by atoms with E-state index in [0.717, 1.165) is 159 Å². The molecule has 0 spiro atoms. The first-order valence-electron chi connectivity index (χ1n) is 34.9. The van der Waals surface area contributed by atoms with Crippen molar-refractivity contribution in [3.63, 3.8) is 0 Å². The molecular weight excluding hydrogens is 1290 g/mol. The van der Waals surface area contributed by atoms with Crippen molar-refractivity contribution in [2.24, 2.45) is 0 Å². The minimum atomic E-state index is 0.792. The highest BCUT2D eigenvalue weighted by Gasteiger charge is 2.21. The molecule has 10 nitrogen and oxygen atoms in total. The Morgan fingerprint density at radius 1 is 0.124 bits per heavy atom. The second-order valence-electron chi connectivity index (χ2n) is 25.2. The lowest BCUT2D eigenvalue weighted by Crippen LogP contribution is -2.10. The van der Waals surface area contributed by atoms with E-state index in [9.17, 15) is 0 Å². The van der Waals surface area contributed by atoms with E-state index in [2.05, 4.69) is 328 Å². The van der Waals surface area contributed by atoms with E-state index in [1.807, 2.05) is 72.8 Å². The normalized spacial score (nSPS) is 10.9. The van der Waals surface area contributed by atoms with Crippen molar-refractivity contribution in [3.8, 4) is 73.3 Å². The van der Waals surface area contributed by atoms with Crippen molar-refractivity contribution < 1.29 is 23.7 Å². The zero-order valence-corrected chi connectivity index (χ0v) is 59.1. The van der Waals surface area contributed by atoms with Gasteiger partial charge in [0, 0.05) is 85.3 Å². The molecule has 0 saturated carbocycles. The van der Waals surface area contributed by atoms with Gasteiger partial charge in [-0.15, -0.1) is 0 Å². The number of methoxy groups -OCH3 is 5. The standard InChI is InChI=1S/C95H77N5O5/c1-101-91-58-48-86(49-59-91)96(76-12-8-6-9-13-76)78-32-16-68(17-33-78)70-20-36-80(37-21-70)98(88-52-62-93(103-3)63-53-88)82-40-24-72(25-41-82)74-28-44-84(45-29-74)100(90-56-66-95(105-5)67-57-90)85-46-30-75(31-47-85)73-26-42-83(43-27-73)99(89-54-64-94(104-4)65-55-89)81-38-22-71(23-39-81)69-18-34-79(35-19-69)97(77-14-10-7-11-15-77)87-50-60-92(102-2)61-51-87/h6-67H,1-5H3. The molecule has 0 aliphatic carbocycles. The molecule has 0 aromatic heterocycles. The van der Waals surface area contributed by atoms with Crippen LogP contribution in [0.2, 0.25) is 0 Å². The summed E-state index contributed by atoms with van der Waals surface area (Å²) in [5, 5.41) is 0. The van der Waals surface area contributed by atoms with E-state index in [4.69, 9.17) is 23.7 Å². The maximum absolute atomic E-state index is 5.63. The molecule has 0 atom stereocenters. The fourth-order valence-corrected chi connectivity index (χ4v) is 13.5. The lowest BCUT2D eigenvalue weighted by molar-refractivity contribution is 0.414. The Labute approximate surface area is 614 Å². The summed E-state index contributed by atoms with van der Waals surface area (Å²) in [6.07, 6.45) is 0. The van der Waals surface area contributed by atoms with Gasteiger partial charge in [-0.3, -0.25) is 0 Å². The van der Waals surface area contributed by atoms with E-state index >= 15 is 0 Å². The van der Waals surface area contributed by atoms with E-state index in [1.165, 1.54) is 0 Å². The summed E-state index contributed by atoms with van der Waals surface area (Å²) in [6.45, 7) is 0. The number of rotatable bonds is 24. The van der Waals surface area contributed by atoms with Crippen LogP contribution in [0.25, 0.3) is 44.5 Å². The van der Waals surface area contributed by atoms with Crippen LogP contribution in [0.1, 0.15) is 0 Å². The summed E-state index contributed by atoms with van der Waals surface area (Å²) in [5.74, 6) is 4.02. The fraction of sp³-hybridized carbons (Fsp3) is 0.0526. The van der Waals surface area contributed by atoms with Gasteiger partial charge < -0.3 is 48.2 Å². The molecule has 0 heterocycles. The molecule has 0 bridgehead atoms. The topological polar surface area (TPSA) is 62.3 Å².